The molecule has 0 fully saturated rings. The fourth-order valence-electron chi connectivity index (χ4n) is 2.94. The van der Waals surface area contributed by atoms with Crippen LogP contribution in [0, 0.1) is 13.8 Å². The Morgan fingerprint density at radius 2 is 1.86 bits per heavy atom. The number of fused-ring (bicyclic) bond motifs is 1. The van der Waals surface area contributed by atoms with Gasteiger partial charge in [0.25, 0.3) is 5.91 Å². The number of pyridine rings is 1. The zero-order chi connectivity index (χ0) is 19.7. The first-order chi connectivity index (χ1) is 13.5. The molecule has 2 heterocycles. The highest BCUT2D eigenvalue weighted by molar-refractivity contribution is 7.22. The molecular formula is C22H18ClN3OS. The van der Waals surface area contributed by atoms with Gasteiger partial charge < -0.3 is 0 Å². The van der Waals surface area contributed by atoms with E-state index in [9.17, 15) is 4.79 Å². The summed E-state index contributed by atoms with van der Waals surface area (Å²) in [5.41, 5.74) is 4.28. The Morgan fingerprint density at radius 1 is 1.07 bits per heavy atom. The second kappa shape index (κ2) is 7.70. The van der Waals surface area contributed by atoms with Gasteiger partial charge in [-0.1, -0.05) is 46.7 Å². The normalized spacial score (nSPS) is 11.0. The molecule has 1 amide bonds. The molecule has 4 nitrogen and oxygen atoms in total. The van der Waals surface area contributed by atoms with Crippen molar-refractivity contribution in [1.29, 1.82) is 0 Å². The molecule has 0 radical (unpaired) electrons. The van der Waals surface area contributed by atoms with E-state index < -0.39 is 0 Å². The average Bonchev–Trinajstić information content (AvgIpc) is 3.15. The third kappa shape index (κ3) is 3.63. The van der Waals surface area contributed by atoms with Gasteiger partial charge in [-0.15, -0.1) is 0 Å². The molecule has 0 aliphatic heterocycles. The quantitative estimate of drug-likeness (QED) is 0.429. The first-order valence-electron chi connectivity index (χ1n) is 8.87. The fraction of sp³-hybridized carbons (Fsp3) is 0.136. The molecule has 6 heteroatoms. The molecule has 0 bridgehead atoms. The SMILES string of the molecule is Cc1ccc(C(=O)N(Cc2ccccn2)c2nc3c(C)c(Cl)ccc3s2)cc1. The van der Waals surface area contributed by atoms with Crippen molar-refractivity contribution in [2.75, 3.05) is 4.90 Å². The van der Waals surface area contributed by atoms with Crippen LogP contribution < -0.4 is 4.90 Å². The molecule has 140 valence electrons. The number of anilines is 1. The molecular weight excluding hydrogens is 390 g/mol. The van der Waals surface area contributed by atoms with Crippen LogP contribution in [0.25, 0.3) is 10.2 Å². The largest absolute Gasteiger partial charge is 0.278 e. The Bertz CT molecular complexity index is 1140. The zero-order valence-electron chi connectivity index (χ0n) is 15.5. The van der Waals surface area contributed by atoms with Crippen molar-refractivity contribution in [2.24, 2.45) is 0 Å². The molecule has 0 N–H and O–H groups in total. The summed E-state index contributed by atoms with van der Waals surface area (Å²) in [7, 11) is 0. The summed E-state index contributed by atoms with van der Waals surface area (Å²) in [6.07, 6.45) is 1.73. The van der Waals surface area contributed by atoms with Gasteiger partial charge in [-0.05, 0) is 55.8 Å². The lowest BCUT2D eigenvalue weighted by molar-refractivity contribution is 0.0985. The fourth-order valence-corrected chi connectivity index (χ4v) is 4.11. The van der Waals surface area contributed by atoms with Crippen molar-refractivity contribution < 1.29 is 4.79 Å². The number of thiazole rings is 1. The number of halogens is 1. The summed E-state index contributed by atoms with van der Waals surface area (Å²) < 4.78 is 1.000. The van der Waals surface area contributed by atoms with Gasteiger partial charge in [0.05, 0.1) is 22.5 Å². The van der Waals surface area contributed by atoms with E-state index in [4.69, 9.17) is 16.6 Å². The van der Waals surface area contributed by atoms with E-state index >= 15 is 0 Å². The molecule has 2 aromatic heterocycles. The zero-order valence-corrected chi connectivity index (χ0v) is 17.1. The maximum atomic E-state index is 13.3. The summed E-state index contributed by atoms with van der Waals surface area (Å²) in [4.78, 5) is 24.1. The number of rotatable bonds is 4. The number of nitrogens with zero attached hydrogens (tertiary/aromatic N) is 3. The Balaban J connectivity index is 1.79. The van der Waals surface area contributed by atoms with Crippen molar-refractivity contribution in [3.63, 3.8) is 0 Å². The monoisotopic (exact) mass is 407 g/mol. The first-order valence-corrected chi connectivity index (χ1v) is 10.1. The molecule has 2 aromatic carbocycles. The molecule has 4 aromatic rings. The third-order valence-corrected chi connectivity index (χ3v) is 6.01. The van der Waals surface area contributed by atoms with Gasteiger partial charge in [-0.25, -0.2) is 4.98 Å². The van der Waals surface area contributed by atoms with Crippen LogP contribution in [-0.4, -0.2) is 15.9 Å². The maximum Gasteiger partial charge on any atom is 0.260 e. The van der Waals surface area contributed by atoms with Crippen molar-refractivity contribution in [3.05, 3.63) is 88.2 Å². The Labute approximate surface area is 172 Å². The summed E-state index contributed by atoms with van der Waals surface area (Å²) in [6, 6.07) is 17.1. The average molecular weight is 408 g/mol. The summed E-state index contributed by atoms with van der Waals surface area (Å²) in [5, 5.41) is 1.31. The van der Waals surface area contributed by atoms with E-state index in [0.29, 0.717) is 22.3 Å². The first kappa shape index (κ1) is 18.6. The summed E-state index contributed by atoms with van der Waals surface area (Å²) >= 11 is 7.73. The van der Waals surface area contributed by atoms with E-state index in [1.807, 2.05) is 68.4 Å². The number of carbonyl (C=O) groups excluding carboxylic acids is 1. The van der Waals surface area contributed by atoms with E-state index in [-0.39, 0.29) is 5.91 Å². The van der Waals surface area contributed by atoms with E-state index in [1.165, 1.54) is 11.3 Å². The molecule has 0 aliphatic rings. The maximum absolute atomic E-state index is 13.3. The minimum absolute atomic E-state index is 0.103. The standard InChI is InChI=1S/C22H18ClN3OS/c1-14-6-8-16(9-7-14)21(27)26(13-17-5-3-4-12-24-17)22-25-20-15(2)18(23)10-11-19(20)28-22/h3-12H,13H2,1-2H3. The van der Waals surface area contributed by atoms with Gasteiger partial charge in [0.1, 0.15) is 0 Å². The van der Waals surface area contributed by atoms with Gasteiger partial charge in [-0.2, -0.15) is 0 Å². The Kier molecular flexibility index (Phi) is 5.11. The smallest absolute Gasteiger partial charge is 0.260 e. The highest BCUT2D eigenvalue weighted by Crippen LogP contribution is 2.34. The molecule has 0 saturated heterocycles. The van der Waals surface area contributed by atoms with Crippen LogP contribution in [0.1, 0.15) is 27.2 Å². The van der Waals surface area contributed by atoms with Crippen molar-refractivity contribution in [3.8, 4) is 0 Å². The number of aromatic nitrogens is 2. The molecule has 0 saturated carbocycles. The number of aryl methyl sites for hydroxylation is 2. The lowest BCUT2D eigenvalue weighted by Gasteiger charge is -2.19. The molecule has 0 spiro atoms. The molecule has 28 heavy (non-hydrogen) atoms. The van der Waals surface area contributed by atoms with Crippen LogP contribution in [0.3, 0.4) is 0 Å². The third-order valence-electron chi connectivity index (χ3n) is 4.56. The lowest BCUT2D eigenvalue weighted by atomic mass is 10.1. The van der Waals surface area contributed by atoms with E-state index in [2.05, 4.69) is 4.98 Å². The van der Waals surface area contributed by atoms with Crippen LogP contribution in [0.15, 0.2) is 60.8 Å². The second-order valence-electron chi connectivity index (χ2n) is 6.59. The van der Waals surface area contributed by atoms with Crippen LogP contribution in [-0.2, 0) is 6.54 Å². The van der Waals surface area contributed by atoms with Crippen molar-refractivity contribution >= 4 is 44.2 Å². The summed E-state index contributed by atoms with van der Waals surface area (Å²) in [5.74, 6) is -0.103. The van der Waals surface area contributed by atoms with Crippen molar-refractivity contribution in [2.45, 2.75) is 20.4 Å². The van der Waals surface area contributed by atoms with Crippen LogP contribution >= 0.6 is 22.9 Å². The van der Waals surface area contributed by atoms with Crippen molar-refractivity contribution in [1.82, 2.24) is 9.97 Å². The number of carbonyl (C=O) groups is 1. The lowest BCUT2D eigenvalue weighted by Crippen LogP contribution is -2.30. The second-order valence-corrected chi connectivity index (χ2v) is 8.01. The van der Waals surface area contributed by atoms with E-state index in [0.717, 1.165) is 27.0 Å². The number of hydrogen-bond donors (Lipinski definition) is 0. The van der Waals surface area contributed by atoms with Gasteiger partial charge in [0, 0.05) is 16.8 Å². The minimum Gasteiger partial charge on any atom is -0.278 e. The highest BCUT2D eigenvalue weighted by atomic mass is 35.5. The molecule has 0 atom stereocenters. The Hall–Kier alpha value is -2.76. The summed E-state index contributed by atoms with van der Waals surface area (Å²) in [6.45, 7) is 4.29. The Morgan fingerprint density at radius 3 is 2.57 bits per heavy atom. The molecule has 4 rings (SSSR count). The van der Waals surface area contributed by atoms with Crippen LogP contribution in [0.4, 0.5) is 5.13 Å². The predicted molar refractivity (Wildman–Crippen MR) is 115 cm³/mol. The molecule has 0 aliphatic carbocycles. The predicted octanol–water partition coefficient (Wildman–Crippen LogP) is 5.81. The van der Waals surface area contributed by atoms with Gasteiger partial charge in [0.15, 0.2) is 5.13 Å². The van der Waals surface area contributed by atoms with Gasteiger partial charge in [-0.3, -0.25) is 14.7 Å². The molecule has 0 unspecified atom stereocenters. The van der Waals surface area contributed by atoms with Crippen LogP contribution in [0.2, 0.25) is 5.02 Å². The van der Waals surface area contributed by atoms with Gasteiger partial charge >= 0.3 is 0 Å². The number of amides is 1. The van der Waals surface area contributed by atoms with E-state index in [1.54, 1.807) is 11.1 Å². The minimum atomic E-state index is -0.103. The number of hydrogen-bond acceptors (Lipinski definition) is 4. The van der Waals surface area contributed by atoms with Crippen LogP contribution in [0.5, 0.6) is 0 Å². The number of benzene rings is 2. The van der Waals surface area contributed by atoms with Gasteiger partial charge in [0.2, 0.25) is 0 Å². The highest BCUT2D eigenvalue weighted by Gasteiger charge is 2.23. The topological polar surface area (TPSA) is 46.1 Å².